The van der Waals surface area contributed by atoms with Crippen molar-refractivity contribution in [1.82, 2.24) is 0 Å². The molecule has 2 rings (SSSR count). The molecule has 0 fully saturated rings. The summed E-state index contributed by atoms with van der Waals surface area (Å²) in [7, 11) is 0. The molecule has 0 aliphatic rings. The average molecular weight is 283 g/mol. The Bertz CT molecular complexity index is 644. The summed E-state index contributed by atoms with van der Waals surface area (Å²) in [6.45, 7) is -0.0721. The number of para-hydroxylation sites is 1. The number of nitrogens with zero attached hydrogens (tertiary/aromatic N) is 1. The lowest BCUT2D eigenvalue weighted by molar-refractivity contribution is 0.0921. The summed E-state index contributed by atoms with van der Waals surface area (Å²) in [6, 6.07) is 16.3. The predicted molar refractivity (Wildman–Crippen MR) is 79.2 cm³/mol. The topological polar surface area (TPSA) is 50.1 Å². The molecule has 0 unspecified atom stereocenters. The van der Waals surface area contributed by atoms with Gasteiger partial charge in [0.25, 0.3) is 0 Å². The second kappa shape index (κ2) is 6.78. The molecule has 0 atom stereocenters. The SMILES string of the molecule is CSc1ccc(C(=O)COc2ccccc2C#N)cc1. The lowest BCUT2D eigenvalue weighted by Gasteiger charge is -2.07. The summed E-state index contributed by atoms with van der Waals surface area (Å²) in [4.78, 5) is 13.1. The number of rotatable bonds is 5. The van der Waals surface area contributed by atoms with Gasteiger partial charge in [0.05, 0.1) is 5.56 Å². The summed E-state index contributed by atoms with van der Waals surface area (Å²) in [5.41, 5.74) is 1.04. The molecular formula is C16H13NO2S. The molecular weight excluding hydrogens is 270 g/mol. The van der Waals surface area contributed by atoms with Crippen LogP contribution in [0.1, 0.15) is 15.9 Å². The minimum Gasteiger partial charge on any atom is -0.484 e. The van der Waals surface area contributed by atoms with Gasteiger partial charge >= 0.3 is 0 Å². The van der Waals surface area contributed by atoms with Gasteiger partial charge in [0.1, 0.15) is 11.8 Å². The van der Waals surface area contributed by atoms with Crippen molar-refractivity contribution in [3.05, 3.63) is 59.7 Å². The Balaban J connectivity index is 2.03. The van der Waals surface area contributed by atoms with E-state index in [4.69, 9.17) is 10.00 Å². The molecule has 0 radical (unpaired) electrons. The highest BCUT2D eigenvalue weighted by molar-refractivity contribution is 7.98. The third kappa shape index (κ3) is 3.40. The first-order valence-corrected chi connectivity index (χ1v) is 7.26. The van der Waals surface area contributed by atoms with Gasteiger partial charge in [-0.05, 0) is 30.5 Å². The van der Waals surface area contributed by atoms with Crippen LogP contribution in [0, 0.1) is 11.3 Å². The molecule has 0 amide bonds. The van der Waals surface area contributed by atoms with Crippen LogP contribution in [0.15, 0.2) is 53.4 Å². The van der Waals surface area contributed by atoms with Crippen LogP contribution in [0.3, 0.4) is 0 Å². The van der Waals surface area contributed by atoms with E-state index < -0.39 is 0 Å². The molecule has 2 aromatic carbocycles. The molecule has 0 aliphatic heterocycles. The number of carbonyl (C=O) groups excluding carboxylic acids is 1. The number of hydrogen-bond donors (Lipinski definition) is 0. The summed E-state index contributed by atoms with van der Waals surface area (Å²) in [5, 5.41) is 8.94. The average Bonchev–Trinajstić information content (AvgIpc) is 2.53. The maximum Gasteiger partial charge on any atom is 0.200 e. The molecule has 100 valence electrons. The molecule has 0 spiro atoms. The Kier molecular flexibility index (Phi) is 4.80. The second-order valence-electron chi connectivity index (χ2n) is 4.05. The molecule has 2 aromatic rings. The van der Waals surface area contributed by atoms with Crippen LogP contribution < -0.4 is 4.74 Å². The quantitative estimate of drug-likeness (QED) is 0.622. The molecule has 3 nitrogen and oxygen atoms in total. The van der Waals surface area contributed by atoms with E-state index in [0.29, 0.717) is 16.9 Å². The molecule has 0 bridgehead atoms. The third-order valence-corrected chi connectivity index (χ3v) is 3.52. The summed E-state index contributed by atoms with van der Waals surface area (Å²) in [5.74, 6) is 0.328. The number of benzene rings is 2. The zero-order chi connectivity index (χ0) is 14.4. The molecule has 0 saturated carbocycles. The number of ether oxygens (including phenoxy) is 1. The monoisotopic (exact) mass is 283 g/mol. The summed E-state index contributed by atoms with van der Waals surface area (Å²) >= 11 is 1.63. The van der Waals surface area contributed by atoms with Gasteiger partial charge in [0.15, 0.2) is 12.4 Å². The number of carbonyl (C=O) groups is 1. The van der Waals surface area contributed by atoms with Crippen molar-refractivity contribution in [3.8, 4) is 11.8 Å². The minimum absolute atomic E-state index is 0.0721. The van der Waals surface area contributed by atoms with Crippen molar-refractivity contribution in [3.63, 3.8) is 0 Å². The second-order valence-corrected chi connectivity index (χ2v) is 4.93. The van der Waals surface area contributed by atoms with Crippen LogP contribution in [-0.4, -0.2) is 18.6 Å². The first-order valence-electron chi connectivity index (χ1n) is 6.04. The van der Waals surface area contributed by atoms with E-state index in [-0.39, 0.29) is 12.4 Å². The van der Waals surface area contributed by atoms with Gasteiger partial charge < -0.3 is 4.74 Å². The fourth-order valence-corrected chi connectivity index (χ4v) is 2.10. The highest BCUT2D eigenvalue weighted by atomic mass is 32.2. The van der Waals surface area contributed by atoms with Crippen LogP contribution >= 0.6 is 11.8 Å². The van der Waals surface area contributed by atoms with E-state index in [2.05, 4.69) is 0 Å². The smallest absolute Gasteiger partial charge is 0.200 e. The number of ketones is 1. The zero-order valence-corrected chi connectivity index (χ0v) is 11.8. The fraction of sp³-hybridized carbons (Fsp3) is 0.125. The van der Waals surface area contributed by atoms with Gasteiger partial charge in [-0.3, -0.25) is 4.79 Å². The highest BCUT2D eigenvalue weighted by Crippen LogP contribution is 2.18. The maximum absolute atomic E-state index is 12.0. The molecule has 0 saturated heterocycles. The lowest BCUT2D eigenvalue weighted by atomic mass is 10.1. The van der Waals surface area contributed by atoms with E-state index in [1.807, 2.05) is 24.5 Å². The van der Waals surface area contributed by atoms with Crippen molar-refractivity contribution in [2.45, 2.75) is 4.90 Å². The van der Waals surface area contributed by atoms with Crippen LogP contribution in [-0.2, 0) is 0 Å². The van der Waals surface area contributed by atoms with Gasteiger partial charge in [0, 0.05) is 10.5 Å². The van der Waals surface area contributed by atoms with Crippen LogP contribution in [0.5, 0.6) is 5.75 Å². The fourth-order valence-electron chi connectivity index (χ4n) is 1.69. The highest BCUT2D eigenvalue weighted by Gasteiger charge is 2.08. The summed E-state index contributed by atoms with van der Waals surface area (Å²) in [6.07, 6.45) is 1.98. The molecule has 4 heteroatoms. The normalized spacial score (nSPS) is 9.80. The van der Waals surface area contributed by atoms with Gasteiger partial charge in [0.2, 0.25) is 0 Å². The first kappa shape index (κ1) is 14.2. The van der Waals surface area contributed by atoms with Crippen molar-refractivity contribution >= 4 is 17.5 Å². The van der Waals surface area contributed by atoms with Gasteiger partial charge in [-0.2, -0.15) is 5.26 Å². The van der Waals surface area contributed by atoms with Crippen molar-refractivity contribution in [2.24, 2.45) is 0 Å². The Hall–Kier alpha value is -2.25. The third-order valence-electron chi connectivity index (χ3n) is 2.78. The number of Topliss-reactive ketones (excluding diaryl/α,β-unsaturated/α-hetero) is 1. The van der Waals surface area contributed by atoms with Gasteiger partial charge in [-0.25, -0.2) is 0 Å². The molecule has 0 aromatic heterocycles. The first-order chi connectivity index (χ1) is 9.74. The maximum atomic E-state index is 12.0. The molecule has 0 N–H and O–H groups in total. The molecule has 0 heterocycles. The van der Waals surface area contributed by atoms with Crippen molar-refractivity contribution < 1.29 is 9.53 Å². The van der Waals surface area contributed by atoms with Gasteiger partial charge in [-0.1, -0.05) is 24.3 Å². The van der Waals surface area contributed by atoms with E-state index in [1.165, 1.54) is 0 Å². The standard InChI is InChI=1S/C16H13NO2S/c1-20-14-8-6-12(7-9-14)15(18)11-19-16-5-3-2-4-13(16)10-17/h2-9H,11H2,1H3. The predicted octanol–water partition coefficient (Wildman–Crippen LogP) is 3.54. The molecule has 20 heavy (non-hydrogen) atoms. The van der Waals surface area contributed by atoms with Gasteiger partial charge in [-0.15, -0.1) is 11.8 Å². The Labute approximate surface area is 122 Å². The van der Waals surface area contributed by atoms with E-state index >= 15 is 0 Å². The minimum atomic E-state index is -0.106. The Morgan fingerprint density at radius 1 is 1.20 bits per heavy atom. The van der Waals surface area contributed by atoms with E-state index in [9.17, 15) is 4.79 Å². The van der Waals surface area contributed by atoms with E-state index in [1.54, 1.807) is 48.2 Å². The van der Waals surface area contributed by atoms with Crippen LogP contribution in [0.25, 0.3) is 0 Å². The molecule has 0 aliphatic carbocycles. The van der Waals surface area contributed by atoms with Crippen molar-refractivity contribution in [2.75, 3.05) is 12.9 Å². The zero-order valence-electron chi connectivity index (χ0n) is 11.0. The largest absolute Gasteiger partial charge is 0.484 e. The van der Waals surface area contributed by atoms with Crippen molar-refractivity contribution in [1.29, 1.82) is 5.26 Å². The number of hydrogen-bond acceptors (Lipinski definition) is 4. The van der Waals surface area contributed by atoms with E-state index in [0.717, 1.165) is 4.90 Å². The number of nitriles is 1. The van der Waals surface area contributed by atoms with Crippen LogP contribution in [0.2, 0.25) is 0 Å². The Morgan fingerprint density at radius 3 is 2.55 bits per heavy atom. The lowest BCUT2D eigenvalue weighted by Crippen LogP contribution is -2.12. The summed E-state index contributed by atoms with van der Waals surface area (Å²) < 4.78 is 5.42. The van der Waals surface area contributed by atoms with Crippen LogP contribution in [0.4, 0.5) is 0 Å². The Morgan fingerprint density at radius 2 is 1.90 bits per heavy atom. The number of thioether (sulfide) groups is 1.